The first-order chi connectivity index (χ1) is 10.3. The van der Waals surface area contributed by atoms with Crippen LogP contribution in [-0.4, -0.2) is 45.5 Å². The summed E-state index contributed by atoms with van der Waals surface area (Å²) in [5.74, 6) is 0.631. The van der Waals surface area contributed by atoms with Crippen LogP contribution in [0.1, 0.15) is 6.42 Å². The Kier molecular flexibility index (Phi) is 2.80. The van der Waals surface area contributed by atoms with Crippen LogP contribution in [-0.2, 0) is 0 Å². The van der Waals surface area contributed by atoms with Gasteiger partial charge in [0.15, 0.2) is 11.4 Å². The third kappa shape index (κ3) is 1.87. The second-order valence-corrected chi connectivity index (χ2v) is 5.35. The standard InChI is InChI=1S/C15H15N3O3/c19-7-9-5-10(20)6-18(9)15-14-13(16-8-17-15)11-3-1-2-4-12(11)21-14/h1-4,8-10,19-20H,5-7H2/t9-,10-/m0/s1. The van der Waals surface area contributed by atoms with Crippen molar-refractivity contribution in [2.75, 3.05) is 18.1 Å². The molecule has 108 valence electrons. The van der Waals surface area contributed by atoms with Crippen molar-refractivity contribution in [2.45, 2.75) is 18.6 Å². The van der Waals surface area contributed by atoms with Crippen molar-refractivity contribution in [1.29, 1.82) is 0 Å². The fraction of sp³-hybridized carbons (Fsp3) is 0.333. The van der Waals surface area contributed by atoms with Gasteiger partial charge in [-0.05, 0) is 18.6 Å². The van der Waals surface area contributed by atoms with Crippen LogP contribution in [0.5, 0.6) is 0 Å². The van der Waals surface area contributed by atoms with Crippen molar-refractivity contribution >= 4 is 27.9 Å². The highest BCUT2D eigenvalue weighted by atomic mass is 16.3. The zero-order valence-electron chi connectivity index (χ0n) is 11.3. The number of furan rings is 1. The molecule has 1 aromatic carbocycles. The molecule has 0 radical (unpaired) electrons. The number of rotatable bonds is 2. The zero-order valence-corrected chi connectivity index (χ0v) is 11.3. The summed E-state index contributed by atoms with van der Waals surface area (Å²) in [6.45, 7) is 0.414. The number of aromatic nitrogens is 2. The number of aliphatic hydroxyl groups is 2. The van der Waals surface area contributed by atoms with E-state index in [0.29, 0.717) is 24.4 Å². The first-order valence-electron chi connectivity index (χ1n) is 6.95. The molecular weight excluding hydrogens is 270 g/mol. The molecule has 0 amide bonds. The highest BCUT2D eigenvalue weighted by molar-refractivity contribution is 6.05. The zero-order chi connectivity index (χ0) is 14.4. The normalized spacial score (nSPS) is 22.5. The van der Waals surface area contributed by atoms with Gasteiger partial charge < -0.3 is 19.5 Å². The summed E-state index contributed by atoms with van der Waals surface area (Å²) in [5, 5.41) is 20.3. The quantitative estimate of drug-likeness (QED) is 0.738. The highest BCUT2D eigenvalue weighted by Crippen LogP contribution is 2.34. The first kappa shape index (κ1) is 12.6. The number of hydrogen-bond acceptors (Lipinski definition) is 6. The predicted molar refractivity (Wildman–Crippen MR) is 78.2 cm³/mol. The lowest BCUT2D eigenvalue weighted by atomic mass is 10.2. The van der Waals surface area contributed by atoms with Gasteiger partial charge in [0.2, 0.25) is 0 Å². The van der Waals surface area contributed by atoms with E-state index in [2.05, 4.69) is 9.97 Å². The van der Waals surface area contributed by atoms with Crippen LogP contribution in [0, 0.1) is 0 Å². The van der Waals surface area contributed by atoms with Crippen molar-refractivity contribution < 1.29 is 14.6 Å². The summed E-state index contributed by atoms with van der Waals surface area (Å²) < 4.78 is 5.89. The van der Waals surface area contributed by atoms with Gasteiger partial charge in [-0.2, -0.15) is 0 Å². The molecule has 2 aromatic heterocycles. The largest absolute Gasteiger partial charge is 0.450 e. The number of aliphatic hydroxyl groups excluding tert-OH is 2. The van der Waals surface area contributed by atoms with Crippen molar-refractivity contribution in [2.24, 2.45) is 0 Å². The number of nitrogens with zero attached hydrogens (tertiary/aromatic N) is 3. The lowest BCUT2D eigenvalue weighted by molar-refractivity contribution is 0.184. The van der Waals surface area contributed by atoms with Gasteiger partial charge in [-0.15, -0.1) is 0 Å². The van der Waals surface area contributed by atoms with E-state index in [0.717, 1.165) is 16.5 Å². The van der Waals surface area contributed by atoms with Crippen molar-refractivity contribution in [3.63, 3.8) is 0 Å². The fourth-order valence-electron chi connectivity index (χ4n) is 3.04. The van der Waals surface area contributed by atoms with Crippen LogP contribution in [0.25, 0.3) is 22.1 Å². The Hall–Kier alpha value is -2.18. The Bertz CT molecular complexity index is 801. The first-order valence-corrected chi connectivity index (χ1v) is 6.95. The van der Waals surface area contributed by atoms with E-state index >= 15 is 0 Å². The molecule has 0 bridgehead atoms. The Morgan fingerprint density at radius 1 is 1.29 bits per heavy atom. The Morgan fingerprint density at radius 2 is 2.14 bits per heavy atom. The monoisotopic (exact) mass is 285 g/mol. The number of anilines is 1. The molecule has 1 saturated heterocycles. The van der Waals surface area contributed by atoms with Crippen LogP contribution < -0.4 is 4.90 Å². The third-order valence-corrected chi connectivity index (χ3v) is 4.01. The van der Waals surface area contributed by atoms with Crippen LogP contribution >= 0.6 is 0 Å². The van der Waals surface area contributed by atoms with E-state index in [9.17, 15) is 10.2 Å². The summed E-state index contributed by atoms with van der Waals surface area (Å²) in [7, 11) is 0. The van der Waals surface area contributed by atoms with Crippen molar-refractivity contribution in [1.82, 2.24) is 9.97 Å². The SMILES string of the molecule is OC[C@@H]1C[C@H](O)CN1c1ncnc2c1oc1ccccc12. The smallest absolute Gasteiger partial charge is 0.196 e. The predicted octanol–water partition coefficient (Wildman–Crippen LogP) is 1.31. The van der Waals surface area contributed by atoms with Crippen molar-refractivity contribution in [3.8, 4) is 0 Å². The molecule has 4 rings (SSSR count). The summed E-state index contributed by atoms with van der Waals surface area (Å²) in [6.07, 6.45) is 1.57. The molecule has 1 aliphatic heterocycles. The van der Waals surface area contributed by atoms with Gasteiger partial charge in [0, 0.05) is 11.9 Å². The maximum absolute atomic E-state index is 9.85. The number of para-hydroxylation sites is 1. The van der Waals surface area contributed by atoms with Gasteiger partial charge >= 0.3 is 0 Å². The molecule has 3 heterocycles. The molecule has 6 nitrogen and oxygen atoms in total. The Labute approximate surface area is 120 Å². The van der Waals surface area contributed by atoms with E-state index in [1.807, 2.05) is 29.2 Å². The van der Waals surface area contributed by atoms with Crippen LogP contribution in [0.4, 0.5) is 5.82 Å². The molecule has 2 atom stereocenters. The van der Waals surface area contributed by atoms with Crippen molar-refractivity contribution in [3.05, 3.63) is 30.6 Å². The van der Waals surface area contributed by atoms with Gasteiger partial charge in [-0.25, -0.2) is 9.97 Å². The molecule has 3 aromatic rings. The second-order valence-electron chi connectivity index (χ2n) is 5.35. The van der Waals surface area contributed by atoms with Gasteiger partial charge in [-0.1, -0.05) is 12.1 Å². The number of β-amino-alcohol motifs (C(OH)–C–C–N with tert-alkyl or cyclic N) is 1. The minimum absolute atomic E-state index is 0.0250. The van der Waals surface area contributed by atoms with E-state index < -0.39 is 6.10 Å². The highest BCUT2D eigenvalue weighted by Gasteiger charge is 2.33. The number of fused-ring (bicyclic) bond motifs is 3. The average molecular weight is 285 g/mol. The molecule has 2 N–H and O–H groups in total. The molecular formula is C15H15N3O3. The molecule has 1 aliphatic rings. The maximum atomic E-state index is 9.85. The van der Waals surface area contributed by atoms with Gasteiger partial charge in [0.25, 0.3) is 0 Å². The second kappa shape index (κ2) is 4.68. The van der Waals surface area contributed by atoms with Gasteiger partial charge in [0.05, 0.1) is 18.8 Å². The van der Waals surface area contributed by atoms with Crippen LogP contribution in [0.2, 0.25) is 0 Å². The fourth-order valence-corrected chi connectivity index (χ4v) is 3.04. The summed E-state index contributed by atoms with van der Waals surface area (Å²) in [5.41, 5.74) is 2.12. The van der Waals surface area contributed by atoms with Gasteiger partial charge in [0.1, 0.15) is 17.4 Å². The van der Waals surface area contributed by atoms with Gasteiger partial charge in [-0.3, -0.25) is 0 Å². The van der Waals surface area contributed by atoms with E-state index in [1.54, 1.807) is 0 Å². The molecule has 6 heteroatoms. The van der Waals surface area contributed by atoms with E-state index in [1.165, 1.54) is 6.33 Å². The average Bonchev–Trinajstić information content (AvgIpc) is 3.07. The molecule has 0 spiro atoms. The lowest BCUT2D eigenvalue weighted by Crippen LogP contribution is -2.33. The minimum Gasteiger partial charge on any atom is -0.450 e. The summed E-state index contributed by atoms with van der Waals surface area (Å²) in [6, 6.07) is 7.55. The van der Waals surface area contributed by atoms with Crippen LogP contribution in [0.15, 0.2) is 35.0 Å². The Morgan fingerprint density at radius 3 is 3.00 bits per heavy atom. The van der Waals surface area contributed by atoms with Crippen LogP contribution in [0.3, 0.4) is 0 Å². The summed E-state index contributed by atoms with van der Waals surface area (Å²) >= 11 is 0. The lowest BCUT2D eigenvalue weighted by Gasteiger charge is -2.23. The summed E-state index contributed by atoms with van der Waals surface area (Å²) in [4.78, 5) is 10.5. The Balaban J connectivity index is 1.93. The van der Waals surface area contributed by atoms with E-state index in [4.69, 9.17) is 4.42 Å². The number of benzene rings is 1. The molecule has 0 saturated carbocycles. The molecule has 21 heavy (non-hydrogen) atoms. The third-order valence-electron chi connectivity index (χ3n) is 4.01. The molecule has 0 unspecified atom stereocenters. The number of hydrogen-bond donors (Lipinski definition) is 2. The maximum Gasteiger partial charge on any atom is 0.196 e. The molecule has 0 aliphatic carbocycles. The molecule has 1 fully saturated rings. The van der Waals surface area contributed by atoms with E-state index in [-0.39, 0.29) is 12.6 Å². The topological polar surface area (TPSA) is 82.6 Å². The minimum atomic E-state index is -0.462.